The summed E-state index contributed by atoms with van der Waals surface area (Å²) in [5.41, 5.74) is 8.65. The molecule has 1 heterocycles. The summed E-state index contributed by atoms with van der Waals surface area (Å²) in [7, 11) is 0. The third-order valence-corrected chi connectivity index (χ3v) is 6.95. The largest absolute Gasteiger partial charge is 0.489 e. The molecule has 6 nitrogen and oxygen atoms in total. The second-order valence-corrected chi connectivity index (χ2v) is 9.64. The van der Waals surface area contributed by atoms with Gasteiger partial charge in [-0.1, -0.05) is 37.3 Å². The molecule has 4 rings (SSSR count). The monoisotopic (exact) mass is 479 g/mol. The molecule has 0 aliphatic heterocycles. The van der Waals surface area contributed by atoms with Gasteiger partial charge in [-0.3, -0.25) is 14.9 Å². The van der Waals surface area contributed by atoms with Gasteiger partial charge < -0.3 is 15.8 Å². The number of thiophene rings is 1. The molecule has 0 spiro atoms. The van der Waals surface area contributed by atoms with Gasteiger partial charge in [0.05, 0.1) is 5.56 Å². The third-order valence-electron chi connectivity index (χ3n) is 5.58. The maximum absolute atomic E-state index is 12.6. The van der Waals surface area contributed by atoms with Crippen LogP contribution >= 0.6 is 23.6 Å². The van der Waals surface area contributed by atoms with Crippen molar-refractivity contribution in [3.05, 3.63) is 81.7 Å². The van der Waals surface area contributed by atoms with Gasteiger partial charge >= 0.3 is 0 Å². The Hall–Kier alpha value is -3.23. The fraction of sp³-hybridized carbons (Fsp3) is 0.240. The molecule has 1 aliphatic carbocycles. The molecule has 1 aliphatic rings. The lowest BCUT2D eigenvalue weighted by Gasteiger charge is -2.18. The Bertz CT molecular complexity index is 1170. The summed E-state index contributed by atoms with van der Waals surface area (Å²) < 4.78 is 5.76. The zero-order valence-corrected chi connectivity index (χ0v) is 19.9. The molecule has 3 aromatic rings. The van der Waals surface area contributed by atoms with Crippen LogP contribution in [0.5, 0.6) is 5.75 Å². The maximum atomic E-state index is 12.6. The van der Waals surface area contributed by atoms with Gasteiger partial charge in [0.1, 0.15) is 17.4 Å². The first-order valence-corrected chi connectivity index (χ1v) is 12.0. The summed E-state index contributed by atoms with van der Waals surface area (Å²) in [5.74, 6) is 0.402. The molecule has 2 aromatic carbocycles. The van der Waals surface area contributed by atoms with E-state index in [0.29, 0.717) is 34.4 Å². The molecule has 2 amide bonds. The molecule has 0 fully saturated rings. The fourth-order valence-corrected chi connectivity index (χ4v) is 5.53. The first kappa shape index (κ1) is 22.9. The zero-order chi connectivity index (χ0) is 23.4. The lowest BCUT2D eigenvalue weighted by molar-refractivity contribution is 0.0975. The predicted octanol–water partition coefficient (Wildman–Crippen LogP) is 4.68. The van der Waals surface area contributed by atoms with Crippen LogP contribution in [0.1, 0.15) is 50.1 Å². The summed E-state index contributed by atoms with van der Waals surface area (Å²) >= 11 is 6.81. The lowest BCUT2D eigenvalue weighted by Crippen LogP contribution is -2.34. The second kappa shape index (κ2) is 10.1. The fourth-order valence-electron chi connectivity index (χ4n) is 3.85. The molecule has 4 N–H and O–H groups in total. The SMILES string of the molecule is CC1CCc2c(sc(NC(=S)NC(=O)c3ccc(OCc4ccccc4)cc3)c2C(N)=O)C1. The minimum atomic E-state index is -0.482. The lowest BCUT2D eigenvalue weighted by atomic mass is 9.88. The Kier molecular flexibility index (Phi) is 7.05. The van der Waals surface area contributed by atoms with Crippen molar-refractivity contribution in [1.29, 1.82) is 0 Å². The van der Waals surface area contributed by atoms with Gasteiger partial charge in [0.15, 0.2) is 5.11 Å². The normalized spacial score (nSPS) is 14.8. The van der Waals surface area contributed by atoms with Crippen molar-refractivity contribution >= 4 is 45.5 Å². The number of amides is 2. The van der Waals surface area contributed by atoms with E-state index in [1.807, 2.05) is 30.3 Å². The topological polar surface area (TPSA) is 93.4 Å². The Labute approximate surface area is 202 Å². The van der Waals surface area contributed by atoms with Crippen LogP contribution in [-0.4, -0.2) is 16.9 Å². The van der Waals surface area contributed by atoms with Crippen molar-refractivity contribution in [2.45, 2.75) is 32.8 Å². The number of anilines is 1. The number of thiocarbonyl (C=S) groups is 1. The number of ether oxygens (including phenoxy) is 1. The quantitative estimate of drug-likeness (QED) is 0.447. The van der Waals surface area contributed by atoms with E-state index in [0.717, 1.165) is 35.3 Å². The van der Waals surface area contributed by atoms with E-state index in [2.05, 4.69) is 17.6 Å². The zero-order valence-electron chi connectivity index (χ0n) is 18.2. The summed E-state index contributed by atoms with van der Waals surface area (Å²) in [6.07, 6.45) is 2.76. The summed E-state index contributed by atoms with van der Waals surface area (Å²) in [6, 6.07) is 16.7. The van der Waals surface area contributed by atoms with Crippen LogP contribution in [0.4, 0.5) is 5.00 Å². The number of benzene rings is 2. The number of primary amides is 1. The van der Waals surface area contributed by atoms with E-state index in [4.69, 9.17) is 22.7 Å². The smallest absolute Gasteiger partial charge is 0.257 e. The van der Waals surface area contributed by atoms with Gasteiger partial charge in [-0.25, -0.2) is 0 Å². The highest BCUT2D eigenvalue weighted by atomic mass is 32.1. The number of fused-ring (bicyclic) bond motifs is 1. The number of hydrogen-bond acceptors (Lipinski definition) is 5. The van der Waals surface area contributed by atoms with Crippen molar-refractivity contribution in [2.24, 2.45) is 11.7 Å². The average molecular weight is 480 g/mol. The van der Waals surface area contributed by atoms with Gasteiger partial charge in [0, 0.05) is 10.4 Å². The van der Waals surface area contributed by atoms with E-state index in [-0.39, 0.29) is 11.0 Å². The van der Waals surface area contributed by atoms with Gasteiger partial charge in [-0.05, 0) is 72.8 Å². The average Bonchev–Trinajstić information content (AvgIpc) is 3.15. The van der Waals surface area contributed by atoms with Gasteiger partial charge in [0.25, 0.3) is 11.8 Å². The Morgan fingerprint density at radius 1 is 1.15 bits per heavy atom. The van der Waals surface area contributed by atoms with Gasteiger partial charge in [0.2, 0.25) is 0 Å². The third kappa shape index (κ3) is 5.58. The van der Waals surface area contributed by atoms with Crippen LogP contribution in [0.2, 0.25) is 0 Å². The Morgan fingerprint density at radius 3 is 2.58 bits per heavy atom. The number of carbonyl (C=O) groups is 2. The van der Waals surface area contributed by atoms with Crippen molar-refractivity contribution in [3.8, 4) is 5.75 Å². The Balaban J connectivity index is 1.37. The van der Waals surface area contributed by atoms with Crippen LogP contribution in [-0.2, 0) is 19.4 Å². The summed E-state index contributed by atoms with van der Waals surface area (Å²) in [5, 5.41) is 6.40. The highest BCUT2D eigenvalue weighted by molar-refractivity contribution is 7.80. The predicted molar refractivity (Wildman–Crippen MR) is 135 cm³/mol. The standard InChI is InChI=1S/C25H25N3O3S2/c1-15-7-12-19-20(13-15)33-24(21(19)22(26)29)28-25(32)27-23(30)17-8-10-18(11-9-17)31-14-16-5-3-2-4-6-16/h2-6,8-11,15H,7,12-14H2,1H3,(H2,26,29)(H2,27,28,30,32). The van der Waals surface area contributed by atoms with E-state index in [1.54, 1.807) is 24.3 Å². The molecule has 0 bridgehead atoms. The second-order valence-electron chi connectivity index (χ2n) is 8.13. The maximum Gasteiger partial charge on any atom is 0.257 e. The van der Waals surface area contributed by atoms with Crippen LogP contribution in [0, 0.1) is 5.92 Å². The van der Waals surface area contributed by atoms with Gasteiger partial charge in [-0.2, -0.15) is 0 Å². The van der Waals surface area contributed by atoms with Crippen LogP contribution in [0.15, 0.2) is 54.6 Å². The van der Waals surface area contributed by atoms with Gasteiger partial charge in [-0.15, -0.1) is 11.3 Å². The van der Waals surface area contributed by atoms with Crippen molar-refractivity contribution in [1.82, 2.24) is 5.32 Å². The summed E-state index contributed by atoms with van der Waals surface area (Å²) in [6.45, 7) is 2.65. The minimum absolute atomic E-state index is 0.124. The number of nitrogens with two attached hydrogens (primary N) is 1. The molecular weight excluding hydrogens is 454 g/mol. The summed E-state index contributed by atoms with van der Waals surface area (Å²) in [4.78, 5) is 25.9. The van der Waals surface area contributed by atoms with Crippen LogP contribution in [0.25, 0.3) is 0 Å². The Morgan fingerprint density at radius 2 is 1.88 bits per heavy atom. The molecular formula is C25H25N3O3S2. The highest BCUT2D eigenvalue weighted by Crippen LogP contribution is 2.39. The molecule has 170 valence electrons. The molecule has 1 aromatic heterocycles. The van der Waals surface area contributed by atoms with E-state index < -0.39 is 5.91 Å². The first-order chi connectivity index (χ1) is 15.9. The number of nitrogens with one attached hydrogen (secondary N) is 2. The van der Waals surface area contributed by atoms with Crippen LogP contribution < -0.4 is 21.1 Å². The van der Waals surface area contributed by atoms with E-state index in [9.17, 15) is 9.59 Å². The van der Waals surface area contributed by atoms with Crippen molar-refractivity contribution < 1.29 is 14.3 Å². The minimum Gasteiger partial charge on any atom is -0.489 e. The van der Waals surface area contributed by atoms with E-state index >= 15 is 0 Å². The van der Waals surface area contributed by atoms with Crippen molar-refractivity contribution in [3.63, 3.8) is 0 Å². The molecule has 0 radical (unpaired) electrons. The van der Waals surface area contributed by atoms with Crippen LogP contribution in [0.3, 0.4) is 0 Å². The molecule has 1 atom stereocenters. The number of hydrogen-bond donors (Lipinski definition) is 3. The molecule has 0 saturated carbocycles. The molecule has 1 unspecified atom stereocenters. The van der Waals surface area contributed by atoms with Crippen molar-refractivity contribution in [2.75, 3.05) is 5.32 Å². The number of carbonyl (C=O) groups excluding carboxylic acids is 2. The molecule has 33 heavy (non-hydrogen) atoms. The molecule has 8 heteroatoms. The highest BCUT2D eigenvalue weighted by Gasteiger charge is 2.27. The molecule has 0 saturated heterocycles. The number of rotatable bonds is 6. The van der Waals surface area contributed by atoms with E-state index in [1.165, 1.54) is 11.3 Å². The first-order valence-electron chi connectivity index (χ1n) is 10.7.